The Hall–Kier alpha value is -1.56. The van der Waals surface area contributed by atoms with Crippen LogP contribution in [0.4, 0.5) is 17.1 Å². The number of carbonyl (C=O) groups excluding carboxylic acids is 1. The van der Waals surface area contributed by atoms with E-state index in [1.807, 2.05) is 12.1 Å². The molecular formula is C14H19N3O2S. The molecule has 0 radical (unpaired) electrons. The quantitative estimate of drug-likeness (QED) is 0.721. The number of anilines is 3. The van der Waals surface area contributed by atoms with Crippen molar-refractivity contribution in [3.05, 3.63) is 17.7 Å². The monoisotopic (exact) mass is 293 g/mol. The van der Waals surface area contributed by atoms with E-state index in [4.69, 9.17) is 5.73 Å². The molecule has 2 aliphatic heterocycles. The third-order valence-electron chi connectivity index (χ3n) is 3.92. The summed E-state index contributed by atoms with van der Waals surface area (Å²) in [6, 6.07) is 4.18. The van der Waals surface area contributed by atoms with Gasteiger partial charge in [0.05, 0.1) is 11.4 Å². The van der Waals surface area contributed by atoms with Gasteiger partial charge in [-0.15, -0.1) is 0 Å². The van der Waals surface area contributed by atoms with E-state index in [-0.39, 0.29) is 5.91 Å². The van der Waals surface area contributed by atoms with Crippen molar-refractivity contribution < 1.29 is 9.00 Å². The van der Waals surface area contributed by atoms with Crippen LogP contribution in [0.1, 0.15) is 24.8 Å². The van der Waals surface area contributed by atoms with Crippen molar-refractivity contribution >= 4 is 33.8 Å². The van der Waals surface area contributed by atoms with Crippen molar-refractivity contribution in [1.29, 1.82) is 0 Å². The number of carbonyl (C=O) groups is 1. The summed E-state index contributed by atoms with van der Waals surface area (Å²) in [4.78, 5) is 11.5. The molecule has 0 bridgehead atoms. The van der Waals surface area contributed by atoms with Crippen LogP contribution in [0, 0.1) is 0 Å². The zero-order chi connectivity index (χ0) is 14.1. The smallest absolute Gasteiger partial charge is 0.224 e. The number of amides is 1. The Kier molecular flexibility index (Phi) is 3.65. The molecule has 2 aliphatic rings. The molecule has 5 nitrogen and oxygen atoms in total. The van der Waals surface area contributed by atoms with Gasteiger partial charge in [-0.1, -0.05) is 0 Å². The Bertz CT molecular complexity index is 564. The first-order valence-corrected chi connectivity index (χ1v) is 8.44. The molecule has 1 aromatic carbocycles. The van der Waals surface area contributed by atoms with Crippen LogP contribution in [0.25, 0.3) is 0 Å². The van der Waals surface area contributed by atoms with Gasteiger partial charge < -0.3 is 16.4 Å². The molecule has 1 amide bonds. The predicted molar refractivity (Wildman–Crippen MR) is 82.3 cm³/mol. The van der Waals surface area contributed by atoms with Crippen LogP contribution in [-0.2, 0) is 22.0 Å². The minimum atomic E-state index is -0.659. The van der Waals surface area contributed by atoms with E-state index in [1.54, 1.807) is 0 Å². The highest BCUT2D eigenvalue weighted by molar-refractivity contribution is 7.85. The molecule has 20 heavy (non-hydrogen) atoms. The molecule has 0 atom stereocenters. The lowest BCUT2D eigenvalue weighted by Crippen LogP contribution is -2.30. The molecule has 4 N–H and O–H groups in total. The zero-order valence-electron chi connectivity index (χ0n) is 11.3. The molecule has 3 rings (SSSR count). The Balaban J connectivity index is 1.78. The summed E-state index contributed by atoms with van der Waals surface area (Å²) in [5, 5.41) is 6.31. The van der Waals surface area contributed by atoms with Gasteiger partial charge in [0.2, 0.25) is 5.91 Å². The van der Waals surface area contributed by atoms with Gasteiger partial charge in [-0.2, -0.15) is 0 Å². The van der Waals surface area contributed by atoms with Crippen molar-refractivity contribution in [3.8, 4) is 0 Å². The molecule has 1 aromatic rings. The first-order chi connectivity index (χ1) is 9.61. The van der Waals surface area contributed by atoms with Gasteiger partial charge in [0, 0.05) is 40.5 Å². The maximum atomic E-state index is 11.5. The highest BCUT2D eigenvalue weighted by Crippen LogP contribution is 2.32. The predicted octanol–water partition coefficient (Wildman–Crippen LogP) is 1.48. The number of hydrogen-bond donors (Lipinski definition) is 3. The minimum Gasteiger partial charge on any atom is -0.397 e. The number of nitrogens with two attached hydrogens (primary N) is 1. The third-order valence-corrected chi connectivity index (χ3v) is 5.30. The van der Waals surface area contributed by atoms with Crippen molar-refractivity contribution in [3.63, 3.8) is 0 Å². The largest absolute Gasteiger partial charge is 0.397 e. The highest BCUT2D eigenvalue weighted by atomic mass is 32.2. The SMILES string of the molecule is Nc1cc2c(cc1NC1CCS(=O)CC1)NC(=O)CC2. The normalized spacial score (nSPS) is 25.7. The molecule has 1 fully saturated rings. The molecule has 0 saturated carbocycles. The molecule has 2 heterocycles. The number of fused-ring (bicyclic) bond motifs is 1. The molecule has 1 saturated heterocycles. The van der Waals surface area contributed by atoms with Gasteiger partial charge in [-0.05, 0) is 37.0 Å². The van der Waals surface area contributed by atoms with Gasteiger partial charge in [-0.25, -0.2) is 0 Å². The van der Waals surface area contributed by atoms with Crippen LogP contribution < -0.4 is 16.4 Å². The number of nitrogens with one attached hydrogen (secondary N) is 2. The van der Waals surface area contributed by atoms with Gasteiger partial charge >= 0.3 is 0 Å². The van der Waals surface area contributed by atoms with E-state index >= 15 is 0 Å². The first kappa shape index (κ1) is 13.4. The molecule has 108 valence electrons. The summed E-state index contributed by atoms with van der Waals surface area (Å²) in [6.07, 6.45) is 3.06. The van der Waals surface area contributed by atoms with E-state index in [0.29, 0.717) is 18.2 Å². The van der Waals surface area contributed by atoms with Crippen LogP contribution in [-0.4, -0.2) is 27.7 Å². The molecule has 0 spiro atoms. The zero-order valence-corrected chi connectivity index (χ0v) is 12.1. The Morgan fingerprint density at radius 1 is 1.25 bits per heavy atom. The van der Waals surface area contributed by atoms with Crippen LogP contribution in [0.15, 0.2) is 12.1 Å². The molecule has 0 aromatic heterocycles. The fourth-order valence-electron chi connectivity index (χ4n) is 2.73. The third kappa shape index (κ3) is 2.80. The second kappa shape index (κ2) is 5.44. The van der Waals surface area contributed by atoms with Crippen LogP contribution in [0.3, 0.4) is 0 Å². The second-order valence-corrected chi connectivity index (χ2v) is 7.11. The van der Waals surface area contributed by atoms with E-state index in [9.17, 15) is 9.00 Å². The lowest BCUT2D eigenvalue weighted by molar-refractivity contribution is -0.116. The standard InChI is InChI=1S/C14H19N3O2S/c15-11-7-9-1-2-14(18)17-12(9)8-13(11)16-10-3-5-20(19)6-4-10/h7-8,10,16H,1-6,15H2,(H,17,18). The maximum absolute atomic E-state index is 11.5. The van der Waals surface area contributed by atoms with Crippen molar-refractivity contribution in [1.82, 2.24) is 0 Å². The maximum Gasteiger partial charge on any atom is 0.224 e. The molecular weight excluding hydrogens is 274 g/mol. The van der Waals surface area contributed by atoms with Gasteiger partial charge in [-0.3, -0.25) is 9.00 Å². The number of hydrogen-bond acceptors (Lipinski definition) is 4. The number of benzene rings is 1. The fourth-order valence-corrected chi connectivity index (χ4v) is 4.03. The van der Waals surface area contributed by atoms with E-state index < -0.39 is 10.8 Å². The second-order valence-electron chi connectivity index (χ2n) is 5.41. The molecule has 0 unspecified atom stereocenters. The van der Waals surface area contributed by atoms with E-state index in [1.165, 1.54) is 0 Å². The Labute approximate surface area is 120 Å². The van der Waals surface area contributed by atoms with Gasteiger partial charge in [0.15, 0.2) is 0 Å². The van der Waals surface area contributed by atoms with Crippen LogP contribution >= 0.6 is 0 Å². The lowest BCUT2D eigenvalue weighted by atomic mass is 10.0. The summed E-state index contributed by atoms with van der Waals surface area (Å²) >= 11 is 0. The van der Waals surface area contributed by atoms with Crippen molar-refractivity contribution in [2.75, 3.05) is 27.9 Å². The fraction of sp³-hybridized carbons (Fsp3) is 0.500. The number of aryl methyl sites for hydroxylation is 1. The number of nitrogen functional groups attached to an aromatic ring is 1. The summed E-state index contributed by atoms with van der Waals surface area (Å²) in [5.41, 5.74) is 9.62. The Morgan fingerprint density at radius 2 is 2.00 bits per heavy atom. The minimum absolute atomic E-state index is 0.0567. The summed E-state index contributed by atoms with van der Waals surface area (Å²) in [7, 11) is -0.659. The Morgan fingerprint density at radius 3 is 2.75 bits per heavy atom. The van der Waals surface area contributed by atoms with E-state index in [2.05, 4.69) is 10.6 Å². The van der Waals surface area contributed by atoms with Crippen LogP contribution in [0.2, 0.25) is 0 Å². The molecule has 0 aliphatic carbocycles. The van der Waals surface area contributed by atoms with E-state index in [0.717, 1.165) is 47.7 Å². The van der Waals surface area contributed by atoms with Crippen LogP contribution in [0.5, 0.6) is 0 Å². The van der Waals surface area contributed by atoms with Crippen molar-refractivity contribution in [2.45, 2.75) is 31.7 Å². The first-order valence-electron chi connectivity index (χ1n) is 6.95. The van der Waals surface area contributed by atoms with Crippen molar-refractivity contribution in [2.24, 2.45) is 0 Å². The molecule has 6 heteroatoms. The highest BCUT2D eigenvalue weighted by Gasteiger charge is 2.20. The summed E-state index contributed by atoms with van der Waals surface area (Å²) in [6.45, 7) is 0. The lowest BCUT2D eigenvalue weighted by Gasteiger charge is -2.26. The topological polar surface area (TPSA) is 84.2 Å². The summed E-state index contributed by atoms with van der Waals surface area (Å²) in [5.74, 6) is 1.56. The van der Waals surface area contributed by atoms with Gasteiger partial charge in [0.25, 0.3) is 0 Å². The average molecular weight is 293 g/mol. The average Bonchev–Trinajstić information content (AvgIpc) is 2.42. The van der Waals surface area contributed by atoms with Gasteiger partial charge in [0.1, 0.15) is 0 Å². The summed E-state index contributed by atoms with van der Waals surface area (Å²) < 4.78 is 11.4. The number of rotatable bonds is 2.